The van der Waals surface area contributed by atoms with Crippen LogP contribution < -0.4 is 10.6 Å². The minimum absolute atomic E-state index is 0.0752. The lowest BCUT2D eigenvalue weighted by Gasteiger charge is -2.24. The molecule has 0 spiro atoms. The van der Waals surface area contributed by atoms with E-state index in [4.69, 9.17) is 9.15 Å². The van der Waals surface area contributed by atoms with E-state index in [1.807, 2.05) is 26.8 Å². The number of halogens is 1. The fourth-order valence-electron chi connectivity index (χ4n) is 3.39. The molecular weight excluding hydrogens is 471 g/mol. The zero-order valence-electron chi connectivity index (χ0n) is 20.6. The molecule has 0 fully saturated rings. The fourth-order valence-corrected chi connectivity index (χ4v) is 4.26. The summed E-state index contributed by atoms with van der Waals surface area (Å²) in [6, 6.07) is 8.13. The molecule has 2 rings (SSSR count). The number of thioether (sulfide) groups is 1. The minimum atomic E-state index is -0.879. The summed E-state index contributed by atoms with van der Waals surface area (Å²) >= 11 is 1.43. The number of rotatable bonds is 15. The second kappa shape index (κ2) is 15.2. The van der Waals surface area contributed by atoms with Gasteiger partial charge in [0.2, 0.25) is 5.91 Å². The van der Waals surface area contributed by atoms with E-state index in [-0.39, 0.29) is 29.6 Å². The van der Waals surface area contributed by atoms with Crippen LogP contribution in [0.1, 0.15) is 57.8 Å². The molecule has 0 aliphatic rings. The van der Waals surface area contributed by atoms with Gasteiger partial charge in [0.05, 0.1) is 23.8 Å². The number of ketones is 1. The molecule has 0 aliphatic carbocycles. The number of benzene rings is 1. The van der Waals surface area contributed by atoms with Gasteiger partial charge in [-0.05, 0) is 37.0 Å². The molecule has 0 aliphatic heterocycles. The van der Waals surface area contributed by atoms with E-state index in [1.165, 1.54) is 23.9 Å². The smallest absolute Gasteiger partial charge is 0.408 e. The van der Waals surface area contributed by atoms with Crippen LogP contribution in [0.2, 0.25) is 0 Å². The molecule has 0 bridgehead atoms. The highest BCUT2D eigenvalue weighted by atomic mass is 32.2. The Kier molecular flexibility index (Phi) is 12.4. The number of unbranched alkanes of at least 4 members (excludes halogenated alkanes) is 1. The summed E-state index contributed by atoms with van der Waals surface area (Å²) in [6.45, 7) is 5.62. The summed E-state index contributed by atoms with van der Waals surface area (Å²) in [5.74, 6) is 0.707. The number of alkyl carbamates (subject to hydrolysis) is 1. The Balaban J connectivity index is 1.95. The SMILES string of the molecule is CCCCC(NC(=O)C(CC(C)C)NC(=O)OCc1ccccc1F)C(=O)CSCc1ccco1. The van der Waals surface area contributed by atoms with Gasteiger partial charge in [-0.15, -0.1) is 11.8 Å². The van der Waals surface area contributed by atoms with Crippen molar-refractivity contribution in [3.63, 3.8) is 0 Å². The summed E-state index contributed by atoms with van der Waals surface area (Å²) in [6.07, 6.45) is 3.32. The van der Waals surface area contributed by atoms with Crippen molar-refractivity contribution in [3.05, 3.63) is 59.8 Å². The zero-order valence-corrected chi connectivity index (χ0v) is 21.4. The standard InChI is InChI=1S/C26H35FN2O5S/c1-4-5-12-22(24(30)17-35-16-20-10-8-13-33-20)28-25(31)23(14-18(2)3)29-26(32)34-15-19-9-6-7-11-21(19)27/h6-11,13,18,22-23H,4-5,12,14-17H2,1-3H3,(H,28,31)(H,29,32). The summed E-state index contributed by atoms with van der Waals surface area (Å²) in [5.41, 5.74) is 0.241. The van der Waals surface area contributed by atoms with Gasteiger partial charge in [0.15, 0.2) is 5.78 Å². The maximum atomic E-state index is 13.8. The lowest BCUT2D eigenvalue weighted by molar-refractivity contribution is -0.128. The molecule has 1 aromatic carbocycles. The molecular formula is C26H35FN2O5S. The summed E-state index contributed by atoms with van der Waals surface area (Å²) in [4.78, 5) is 38.3. The number of Topliss-reactive ketones (excluding diaryl/α,β-unsaturated/α-hetero) is 1. The Bertz CT molecular complexity index is 936. The van der Waals surface area contributed by atoms with Gasteiger partial charge in [-0.25, -0.2) is 9.18 Å². The van der Waals surface area contributed by atoms with Crippen LogP contribution in [0.3, 0.4) is 0 Å². The van der Waals surface area contributed by atoms with Crippen molar-refractivity contribution in [2.75, 3.05) is 5.75 Å². The lowest BCUT2D eigenvalue weighted by Crippen LogP contribution is -2.52. The normalized spacial score (nSPS) is 12.7. The fraction of sp³-hybridized carbons (Fsp3) is 0.500. The van der Waals surface area contributed by atoms with Crippen molar-refractivity contribution in [2.45, 2.75) is 70.9 Å². The average Bonchev–Trinajstić information content (AvgIpc) is 3.34. The highest BCUT2D eigenvalue weighted by molar-refractivity contribution is 7.99. The molecule has 9 heteroatoms. The Morgan fingerprint density at radius 1 is 1.09 bits per heavy atom. The average molecular weight is 507 g/mol. The minimum Gasteiger partial charge on any atom is -0.468 e. The first-order valence-corrected chi connectivity index (χ1v) is 13.1. The van der Waals surface area contributed by atoms with Gasteiger partial charge in [-0.2, -0.15) is 0 Å². The molecule has 0 saturated carbocycles. The largest absolute Gasteiger partial charge is 0.468 e. The van der Waals surface area contributed by atoms with E-state index in [0.717, 1.165) is 18.6 Å². The van der Waals surface area contributed by atoms with Crippen LogP contribution >= 0.6 is 11.8 Å². The molecule has 2 aromatic rings. The van der Waals surface area contributed by atoms with Crippen LogP contribution in [0.4, 0.5) is 9.18 Å². The second-order valence-electron chi connectivity index (χ2n) is 8.74. The van der Waals surface area contributed by atoms with Crippen molar-refractivity contribution >= 4 is 29.5 Å². The molecule has 1 aromatic heterocycles. The van der Waals surface area contributed by atoms with E-state index in [0.29, 0.717) is 18.6 Å². The first-order valence-electron chi connectivity index (χ1n) is 11.9. The molecule has 192 valence electrons. The van der Waals surface area contributed by atoms with Crippen LogP contribution in [0.5, 0.6) is 0 Å². The van der Waals surface area contributed by atoms with Crippen LogP contribution in [0, 0.1) is 11.7 Å². The number of hydrogen-bond acceptors (Lipinski definition) is 6. The third-order valence-corrected chi connectivity index (χ3v) is 6.23. The molecule has 0 saturated heterocycles. The Morgan fingerprint density at radius 3 is 2.51 bits per heavy atom. The molecule has 2 unspecified atom stereocenters. The zero-order chi connectivity index (χ0) is 25.6. The second-order valence-corrected chi connectivity index (χ2v) is 9.72. The van der Waals surface area contributed by atoms with E-state index in [2.05, 4.69) is 10.6 Å². The lowest BCUT2D eigenvalue weighted by atomic mass is 10.0. The number of amides is 2. The number of nitrogens with one attached hydrogen (secondary N) is 2. The first-order chi connectivity index (χ1) is 16.8. The van der Waals surface area contributed by atoms with Crippen LogP contribution in [0.25, 0.3) is 0 Å². The molecule has 35 heavy (non-hydrogen) atoms. The molecule has 0 radical (unpaired) electrons. The molecule has 2 atom stereocenters. The predicted molar refractivity (Wildman–Crippen MR) is 134 cm³/mol. The van der Waals surface area contributed by atoms with Gasteiger partial charge in [0.1, 0.15) is 24.2 Å². The quantitative estimate of drug-likeness (QED) is 0.343. The van der Waals surface area contributed by atoms with Gasteiger partial charge in [0, 0.05) is 5.56 Å². The van der Waals surface area contributed by atoms with Gasteiger partial charge in [0.25, 0.3) is 0 Å². The van der Waals surface area contributed by atoms with E-state index in [9.17, 15) is 18.8 Å². The summed E-state index contributed by atoms with van der Waals surface area (Å²) in [5, 5.41) is 5.41. The first kappa shape index (κ1) is 28.4. The highest BCUT2D eigenvalue weighted by Crippen LogP contribution is 2.15. The van der Waals surface area contributed by atoms with Gasteiger partial charge in [-0.1, -0.05) is 51.8 Å². The summed E-state index contributed by atoms with van der Waals surface area (Å²) in [7, 11) is 0. The Labute approximate surface area is 210 Å². The third kappa shape index (κ3) is 10.5. The van der Waals surface area contributed by atoms with Crippen molar-refractivity contribution in [2.24, 2.45) is 5.92 Å². The topological polar surface area (TPSA) is 97.6 Å². The number of furan rings is 1. The van der Waals surface area contributed by atoms with E-state index >= 15 is 0 Å². The summed E-state index contributed by atoms with van der Waals surface area (Å²) < 4.78 is 24.2. The number of ether oxygens (including phenoxy) is 1. The maximum absolute atomic E-state index is 13.8. The highest BCUT2D eigenvalue weighted by Gasteiger charge is 2.27. The molecule has 2 amide bonds. The third-order valence-electron chi connectivity index (χ3n) is 5.25. The molecule has 1 heterocycles. The van der Waals surface area contributed by atoms with Gasteiger partial charge in [-0.3, -0.25) is 9.59 Å². The number of hydrogen-bond donors (Lipinski definition) is 2. The van der Waals surface area contributed by atoms with E-state index in [1.54, 1.807) is 24.5 Å². The van der Waals surface area contributed by atoms with Crippen molar-refractivity contribution < 1.29 is 27.9 Å². The van der Waals surface area contributed by atoms with Crippen LogP contribution in [0.15, 0.2) is 47.1 Å². The molecule has 7 nitrogen and oxygen atoms in total. The molecule has 2 N–H and O–H groups in total. The number of carbonyl (C=O) groups excluding carboxylic acids is 3. The van der Waals surface area contributed by atoms with Crippen LogP contribution in [-0.4, -0.2) is 35.6 Å². The Hall–Kier alpha value is -2.81. The van der Waals surface area contributed by atoms with Crippen LogP contribution in [-0.2, 0) is 26.7 Å². The van der Waals surface area contributed by atoms with Crippen molar-refractivity contribution in [1.82, 2.24) is 10.6 Å². The van der Waals surface area contributed by atoms with Crippen molar-refractivity contribution in [3.8, 4) is 0 Å². The van der Waals surface area contributed by atoms with Crippen molar-refractivity contribution in [1.29, 1.82) is 0 Å². The monoisotopic (exact) mass is 506 g/mol. The van der Waals surface area contributed by atoms with Gasteiger partial charge < -0.3 is 19.8 Å². The Morgan fingerprint density at radius 2 is 1.86 bits per heavy atom. The number of carbonyl (C=O) groups is 3. The predicted octanol–water partition coefficient (Wildman–Crippen LogP) is 5.24. The van der Waals surface area contributed by atoms with E-state index < -0.39 is 29.9 Å². The van der Waals surface area contributed by atoms with Gasteiger partial charge >= 0.3 is 6.09 Å². The maximum Gasteiger partial charge on any atom is 0.408 e.